The van der Waals surface area contributed by atoms with Crippen LogP contribution in [0.25, 0.3) is 0 Å². The standard InChI is InChI=1S/C13H21F3N4O/c1-3-7-21-8-5-6-18-11-9-10(13(14,15)16)19-12(20-11)17-4-2/h9H,3-8H2,1-2H3,(H2,17,18,19,20). The lowest BCUT2D eigenvalue weighted by atomic mass is 10.3. The molecule has 0 unspecified atom stereocenters. The lowest BCUT2D eigenvalue weighted by Gasteiger charge is -2.12. The van der Waals surface area contributed by atoms with Crippen molar-refractivity contribution in [2.24, 2.45) is 0 Å². The van der Waals surface area contributed by atoms with Gasteiger partial charge < -0.3 is 15.4 Å². The van der Waals surface area contributed by atoms with E-state index in [4.69, 9.17) is 4.74 Å². The molecule has 0 aliphatic heterocycles. The van der Waals surface area contributed by atoms with Crippen molar-refractivity contribution in [2.45, 2.75) is 32.9 Å². The first-order valence-electron chi connectivity index (χ1n) is 6.99. The van der Waals surface area contributed by atoms with Crippen LogP contribution in [0.3, 0.4) is 0 Å². The number of hydrogen-bond donors (Lipinski definition) is 2. The lowest BCUT2D eigenvalue weighted by molar-refractivity contribution is -0.141. The van der Waals surface area contributed by atoms with E-state index in [1.807, 2.05) is 6.92 Å². The number of rotatable bonds is 9. The van der Waals surface area contributed by atoms with Crippen molar-refractivity contribution in [3.05, 3.63) is 11.8 Å². The van der Waals surface area contributed by atoms with Crippen molar-refractivity contribution in [2.75, 3.05) is 36.9 Å². The van der Waals surface area contributed by atoms with Crippen molar-refractivity contribution >= 4 is 11.8 Å². The predicted molar refractivity (Wildman–Crippen MR) is 75.4 cm³/mol. The number of anilines is 2. The topological polar surface area (TPSA) is 59.1 Å². The smallest absolute Gasteiger partial charge is 0.381 e. The third kappa shape index (κ3) is 6.61. The molecule has 1 aromatic heterocycles. The van der Waals surface area contributed by atoms with E-state index in [2.05, 4.69) is 20.6 Å². The largest absolute Gasteiger partial charge is 0.433 e. The summed E-state index contributed by atoms with van der Waals surface area (Å²) in [5, 5.41) is 5.55. The summed E-state index contributed by atoms with van der Waals surface area (Å²) in [6.45, 7) is 5.98. The second-order valence-electron chi connectivity index (χ2n) is 4.38. The van der Waals surface area contributed by atoms with Gasteiger partial charge in [0.25, 0.3) is 0 Å². The Balaban J connectivity index is 2.61. The van der Waals surface area contributed by atoms with Gasteiger partial charge in [-0.25, -0.2) is 4.98 Å². The zero-order chi connectivity index (χ0) is 15.7. The number of halogens is 3. The van der Waals surface area contributed by atoms with Crippen molar-refractivity contribution in [1.82, 2.24) is 9.97 Å². The van der Waals surface area contributed by atoms with Gasteiger partial charge in [0.15, 0.2) is 5.69 Å². The zero-order valence-electron chi connectivity index (χ0n) is 12.3. The SMILES string of the molecule is CCCOCCCNc1cc(C(F)(F)F)nc(NCC)n1. The highest BCUT2D eigenvalue weighted by atomic mass is 19.4. The maximum absolute atomic E-state index is 12.8. The summed E-state index contributed by atoms with van der Waals surface area (Å²) in [6, 6.07) is 0.910. The van der Waals surface area contributed by atoms with Crippen LogP contribution in [0, 0.1) is 0 Å². The van der Waals surface area contributed by atoms with Gasteiger partial charge in [-0.1, -0.05) is 6.92 Å². The fourth-order valence-electron chi connectivity index (χ4n) is 1.56. The Labute approximate surface area is 122 Å². The Bertz CT molecular complexity index is 426. The highest BCUT2D eigenvalue weighted by Crippen LogP contribution is 2.29. The molecular weight excluding hydrogens is 285 g/mol. The molecule has 1 heterocycles. The van der Waals surface area contributed by atoms with Crippen LogP contribution in [0.1, 0.15) is 32.4 Å². The maximum atomic E-state index is 12.8. The summed E-state index contributed by atoms with van der Waals surface area (Å²) in [5.74, 6) is 0.126. The number of hydrogen-bond acceptors (Lipinski definition) is 5. The molecule has 0 spiro atoms. The molecular formula is C13H21F3N4O. The van der Waals surface area contributed by atoms with Crippen LogP contribution < -0.4 is 10.6 Å². The van der Waals surface area contributed by atoms with Crippen LogP contribution in [0.5, 0.6) is 0 Å². The molecule has 2 N–H and O–H groups in total. The van der Waals surface area contributed by atoms with Gasteiger partial charge >= 0.3 is 6.18 Å². The quantitative estimate of drug-likeness (QED) is 0.686. The van der Waals surface area contributed by atoms with Gasteiger partial charge in [-0.15, -0.1) is 0 Å². The second kappa shape index (κ2) is 8.66. The highest BCUT2D eigenvalue weighted by molar-refractivity contribution is 5.43. The van der Waals surface area contributed by atoms with Crippen LogP contribution in [0.4, 0.5) is 24.9 Å². The molecule has 0 radical (unpaired) electrons. The van der Waals surface area contributed by atoms with E-state index in [0.29, 0.717) is 32.7 Å². The molecule has 0 saturated heterocycles. The molecule has 0 bridgehead atoms. The zero-order valence-corrected chi connectivity index (χ0v) is 12.3. The minimum atomic E-state index is -4.49. The number of ether oxygens (including phenoxy) is 1. The normalized spacial score (nSPS) is 11.5. The first kappa shape index (κ1) is 17.5. The van der Waals surface area contributed by atoms with Gasteiger partial charge in [0.05, 0.1) is 0 Å². The molecule has 0 aliphatic carbocycles. The van der Waals surface area contributed by atoms with Gasteiger partial charge in [-0.05, 0) is 19.8 Å². The molecule has 0 aromatic carbocycles. The van der Waals surface area contributed by atoms with Gasteiger partial charge in [0.2, 0.25) is 5.95 Å². The first-order valence-corrected chi connectivity index (χ1v) is 6.99. The Morgan fingerprint density at radius 2 is 1.90 bits per heavy atom. The van der Waals surface area contributed by atoms with E-state index in [1.165, 1.54) is 0 Å². The summed E-state index contributed by atoms with van der Waals surface area (Å²) >= 11 is 0. The Morgan fingerprint density at radius 1 is 1.14 bits per heavy atom. The number of nitrogens with zero attached hydrogens (tertiary/aromatic N) is 2. The van der Waals surface area contributed by atoms with Gasteiger partial charge in [0, 0.05) is 32.4 Å². The maximum Gasteiger partial charge on any atom is 0.433 e. The number of nitrogens with one attached hydrogen (secondary N) is 2. The monoisotopic (exact) mass is 306 g/mol. The van der Waals surface area contributed by atoms with E-state index in [0.717, 1.165) is 12.5 Å². The van der Waals surface area contributed by atoms with Gasteiger partial charge in [-0.3, -0.25) is 0 Å². The van der Waals surface area contributed by atoms with Crippen LogP contribution in [-0.2, 0) is 10.9 Å². The average molecular weight is 306 g/mol. The number of aromatic nitrogens is 2. The molecule has 0 atom stereocenters. The van der Waals surface area contributed by atoms with E-state index in [9.17, 15) is 13.2 Å². The molecule has 1 rings (SSSR count). The van der Waals surface area contributed by atoms with Crippen molar-refractivity contribution in [3.63, 3.8) is 0 Å². The third-order valence-corrected chi connectivity index (χ3v) is 2.47. The van der Waals surface area contributed by atoms with E-state index in [-0.39, 0.29) is 11.8 Å². The lowest BCUT2D eigenvalue weighted by Crippen LogP contribution is -2.15. The molecule has 0 fully saturated rings. The summed E-state index contributed by atoms with van der Waals surface area (Å²) in [6.07, 6.45) is -2.85. The summed E-state index contributed by atoms with van der Waals surface area (Å²) < 4.78 is 43.5. The van der Waals surface area contributed by atoms with Crippen LogP contribution in [0.15, 0.2) is 6.07 Å². The summed E-state index contributed by atoms with van der Waals surface area (Å²) in [7, 11) is 0. The minimum Gasteiger partial charge on any atom is -0.381 e. The molecule has 8 heteroatoms. The molecule has 5 nitrogen and oxygen atoms in total. The molecule has 1 aromatic rings. The fraction of sp³-hybridized carbons (Fsp3) is 0.692. The second-order valence-corrected chi connectivity index (χ2v) is 4.38. The Hall–Kier alpha value is -1.57. The molecule has 0 amide bonds. The van der Waals surface area contributed by atoms with Gasteiger partial charge in [0.1, 0.15) is 5.82 Å². The third-order valence-electron chi connectivity index (χ3n) is 2.47. The minimum absolute atomic E-state index is 0.0305. The van der Waals surface area contributed by atoms with Crippen LogP contribution in [-0.4, -0.2) is 36.3 Å². The van der Waals surface area contributed by atoms with Crippen LogP contribution >= 0.6 is 0 Å². The van der Waals surface area contributed by atoms with E-state index < -0.39 is 11.9 Å². The Morgan fingerprint density at radius 3 is 2.52 bits per heavy atom. The Kier molecular flexibility index (Phi) is 7.21. The highest BCUT2D eigenvalue weighted by Gasteiger charge is 2.33. The van der Waals surface area contributed by atoms with E-state index in [1.54, 1.807) is 6.92 Å². The van der Waals surface area contributed by atoms with Crippen molar-refractivity contribution in [3.8, 4) is 0 Å². The first-order chi connectivity index (χ1) is 9.97. The van der Waals surface area contributed by atoms with Crippen molar-refractivity contribution in [1.29, 1.82) is 0 Å². The van der Waals surface area contributed by atoms with E-state index >= 15 is 0 Å². The summed E-state index contributed by atoms with van der Waals surface area (Å²) in [5.41, 5.74) is -0.960. The van der Waals surface area contributed by atoms with Crippen LogP contribution in [0.2, 0.25) is 0 Å². The van der Waals surface area contributed by atoms with Gasteiger partial charge in [-0.2, -0.15) is 18.2 Å². The van der Waals surface area contributed by atoms with Crippen molar-refractivity contribution < 1.29 is 17.9 Å². The molecule has 21 heavy (non-hydrogen) atoms. The predicted octanol–water partition coefficient (Wildman–Crippen LogP) is 3.16. The summed E-state index contributed by atoms with van der Waals surface area (Å²) in [4.78, 5) is 7.45. The molecule has 0 saturated carbocycles. The number of alkyl halides is 3. The molecule has 0 aliphatic rings. The molecule has 120 valence electrons. The average Bonchev–Trinajstić information content (AvgIpc) is 2.42. The fourth-order valence-corrected chi connectivity index (χ4v) is 1.56.